The molecule has 0 unspecified atom stereocenters. The van der Waals surface area contributed by atoms with Gasteiger partial charge >= 0.3 is 0 Å². The van der Waals surface area contributed by atoms with Crippen LogP contribution in [0.5, 0.6) is 0 Å². The largest absolute Gasteiger partial charge is 0.413 e. The summed E-state index contributed by atoms with van der Waals surface area (Å²) in [6.07, 6.45) is -0.0841. The molecule has 1 fully saturated rings. The van der Waals surface area contributed by atoms with Crippen LogP contribution < -0.4 is 0 Å². The van der Waals surface area contributed by atoms with E-state index >= 15 is 0 Å². The minimum Gasteiger partial charge on any atom is -0.413 e. The van der Waals surface area contributed by atoms with Crippen LogP contribution in [0.2, 0.25) is 18.1 Å². The predicted molar refractivity (Wildman–Crippen MR) is 106 cm³/mol. The minimum atomic E-state index is -3.20. The Morgan fingerprint density at radius 2 is 1.56 bits per heavy atom. The smallest absolute Gasteiger partial charge is 0.216 e. The zero-order valence-electron chi connectivity index (χ0n) is 17.2. The summed E-state index contributed by atoms with van der Waals surface area (Å²) in [6.45, 7) is 18.7. The van der Waals surface area contributed by atoms with Crippen LogP contribution in [0.25, 0.3) is 0 Å². The fourth-order valence-electron chi connectivity index (χ4n) is 2.87. The Hall–Kier alpha value is 0.00688. The summed E-state index contributed by atoms with van der Waals surface area (Å²) in [5.74, 6) is 0. The van der Waals surface area contributed by atoms with E-state index < -0.39 is 23.6 Å². The van der Waals surface area contributed by atoms with E-state index in [9.17, 15) is 13.5 Å². The number of sulfonamides is 1. The number of hydrogen-bond acceptors (Lipinski definition) is 5. The van der Waals surface area contributed by atoms with E-state index in [1.807, 2.05) is 6.92 Å². The first-order valence-electron chi connectivity index (χ1n) is 9.25. The molecule has 0 amide bonds. The molecule has 0 aliphatic carbocycles. The van der Waals surface area contributed by atoms with Crippen molar-refractivity contribution in [3.63, 3.8) is 0 Å². The van der Waals surface area contributed by atoms with Crippen molar-refractivity contribution in [3.8, 4) is 0 Å². The maximum Gasteiger partial charge on any atom is 0.216 e. The summed E-state index contributed by atoms with van der Waals surface area (Å²) in [5.41, 5.74) is 0. The lowest BCUT2D eigenvalue weighted by atomic mass is 10.1. The molecule has 0 aromatic heterocycles. The van der Waals surface area contributed by atoms with Crippen molar-refractivity contribution in [1.29, 1.82) is 0 Å². The molecule has 0 bridgehead atoms. The third-order valence-corrected chi connectivity index (χ3v) is 12.6. The number of piperazine rings is 1. The topological polar surface area (TPSA) is 70.1 Å². The van der Waals surface area contributed by atoms with Crippen molar-refractivity contribution in [3.05, 3.63) is 0 Å². The number of aliphatic hydroxyl groups excluding tert-OH is 1. The third-order valence-electron chi connectivity index (χ3n) is 5.71. The van der Waals surface area contributed by atoms with Gasteiger partial charge < -0.3 is 9.53 Å². The fourth-order valence-corrected chi connectivity index (χ4v) is 5.58. The summed E-state index contributed by atoms with van der Waals surface area (Å²) in [7, 11) is -5.12. The Morgan fingerprint density at radius 1 is 1.08 bits per heavy atom. The van der Waals surface area contributed by atoms with Gasteiger partial charge in [0, 0.05) is 26.2 Å². The van der Waals surface area contributed by atoms with Crippen molar-refractivity contribution in [2.24, 2.45) is 0 Å². The molecular weight excluding hydrogens is 356 g/mol. The fraction of sp³-hybridized carbons (Fsp3) is 1.00. The van der Waals surface area contributed by atoms with E-state index in [1.54, 1.807) is 18.2 Å². The minimum absolute atomic E-state index is 0.0206. The highest BCUT2D eigenvalue weighted by Gasteiger charge is 2.41. The van der Waals surface area contributed by atoms with E-state index in [-0.39, 0.29) is 23.8 Å². The molecular formula is C17H38N2O4SSi. The van der Waals surface area contributed by atoms with Gasteiger partial charge in [0.15, 0.2) is 8.32 Å². The monoisotopic (exact) mass is 394 g/mol. The average molecular weight is 395 g/mol. The molecule has 0 radical (unpaired) electrons. The van der Waals surface area contributed by atoms with Gasteiger partial charge in [0.2, 0.25) is 10.0 Å². The Balaban J connectivity index is 2.74. The van der Waals surface area contributed by atoms with Crippen LogP contribution in [0.4, 0.5) is 0 Å². The highest BCUT2D eigenvalue weighted by atomic mass is 32.2. The second-order valence-corrected chi connectivity index (χ2v) is 16.1. The first-order chi connectivity index (χ1) is 11.2. The van der Waals surface area contributed by atoms with Crippen LogP contribution >= 0.6 is 0 Å². The molecule has 1 aliphatic rings. The standard InChI is InChI=1S/C17H38N2O4SSi/c1-14(2)24(21,22)19-11-9-18(10-12-19)16(13-20)15(3)23-25(7,8)17(4,5)6/h14-16,20H,9-13H2,1-8H3/t15-,16-/m1/s1. The zero-order valence-corrected chi connectivity index (χ0v) is 19.1. The van der Waals surface area contributed by atoms with Crippen molar-refractivity contribution in [2.45, 2.75) is 77.1 Å². The van der Waals surface area contributed by atoms with Gasteiger partial charge in [0.25, 0.3) is 0 Å². The van der Waals surface area contributed by atoms with Crippen LogP contribution in [0.1, 0.15) is 41.5 Å². The van der Waals surface area contributed by atoms with Crippen LogP contribution in [-0.4, -0.2) is 81.2 Å². The lowest BCUT2D eigenvalue weighted by molar-refractivity contribution is 0.0161. The van der Waals surface area contributed by atoms with E-state index in [4.69, 9.17) is 4.43 Å². The number of rotatable bonds is 7. The number of aliphatic hydroxyl groups is 1. The van der Waals surface area contributed by atoms with Crippen molar-refractivity contribution in [1.82, 2.24) is 9.21 Å². The average Bonchev–Trinajstić information content (AvgIpc) is 2.46. The molecule has 0 saturated carbocycles. The predicted octanol–water partition coefficient (Wildman–Crippen LogP) is 2.11. The molecule has 6 nitrogen and oxygen atoms in total. The summed E-state index contributed by atoms with van der Waals surface area (Å²) in [5, 5.41) is 9.65. The maximum absolute atomic E-state index is 12.3. The molecule has 2 atom stereocenters. The molecule has 0 aromatic rings. The van der Waals surface area contributed by atoms with Gasteiger partial charge in [0.1, 0.15) is 0 Å². The van der Waals surface area contributed by atoms with Crippen molar-refractivity contribution < 1.29 is 18.0 Å². The Kier molecular flexibility index (Phi) is 7.70. The van der Waals surface area contributed by atoms with Crippen molar-refractivity contribution in [2.75, 3.05) is 32.8 Å². The summed E-state index contributed by atoms with van der Waals surface area (Å²) in [4.78, 5) is 2.17. The number of nitrogens with zero attached hydrogens (tertiary/aromatic N) is 2. The molecule has 1 heterocycles. The van der Waals surface area contributed by atoms with E-state index in [2.05, 4.69) is 38.8 Å². The first kappa shape index (κ1) is 23.0. The van der Waals surface area contributed by atoms with E-state index in [0.717, 1.165) is 0 Å². The van der Waals surface area contributed by atoms with Gasteiger partial charge in [-0.15, -0.1) is 0 Å². The molecule has 1 rings (SSSR count). The summed E-state index contributed by atoms with van der Waals surface area (Å²) in [6, 6.07) is -0.0990. The molecule has 1 saturated heterocycles. The van der Waals surface area contributed by atoms with Crippen molar-refractivity contribution >= 4 is 18.3 Å². The molecule has 0 spiro atoms. The summed E-state index contributed by atoms with van der Waals surface area (Å²) < 4.78 is 32.6. The summed E-state index contributed by atoms with van der Waals surface area (Å²) >= 11 is 0. The maximum atomic E-state index is 12.3. The van der Waals surface area contributed by atoms with Gasteiger partial charge in [0.05, 0.1) is 24.0 Å². The Bertz CT molecular complexity index is 523. The van der Waals surface area contributed by atoms with Crippen LogP contribution in [0.15, 0.2) is 0 Å². The highest BCUT2D eigenvalue weighted by Crippen LogP contribution is 2.37. The first-order valence-corrected chi connectivity index (χ1v) is 13.7. The Morgan fingerprint density at radius 3 is 1.92 bits per heavy atom. The van der Waals surface area contributed by atoms with Crippen LogP contribution in [0.3, 0.4) is 0 Å². The molecule has 150 valence electrons. The van der Waals surface area contributed by atoms with Gasteiger partial charge in [-0.05, 0) is 38.9 Å². The SMILES string of the molecule is CC(C)S(=O)(=O)N1CCN([C@H](CO)[C@@H](C)O[Si](C)(C)C(C)(C)C)CC1. The Labute approximate surface area is 155 Å². The number of hydrogen-bond donors (Lipinski definition) is 1. The lowest BCUT2D eigenvalue weighted by Gasteiger charge is -2.44. The molecule has 1 aliphatic heterocycles. The van der Waals surface area contributed by atoms with E-state index in [1.165, 1.54) is 0 Å². The molecule has 25 heavy (non-hydrogen) atoms. The van der Waals surface area contributed by atoms with Gasteiger partial charge in [-0.2, -0.15) is 4.31 Å². The van der Waals surface area contributed by atoms with E-state index in [0.29, 0.717) is 26.2 Å². The second-order valence-electron chi connectivity index (χ2n) is 8.86. The zero-order chi connectivity index (χ0) is 19.6. The lowest BCUT2D eigenvalue weighted by Crippen LogP contribution is -2.58. The molecule has 8 heteroatoms. The van der Waals surface area contributed by atoms with Gasteiger partial charge in [-0.3, -0.25) is 4.90 Å². The third kappa shape index (κ3) is 5.49. The quantitative estimate of drug-likeness (QED) is 0.670. The van der Waals surface area contributed by atoms with Gasteiger partial charge in [-0.25, -0.2) is 8.42 Å². The second kappa shape index (κ2) is 8.35. The molecule has 0 aromatic carbocycles. The van der Waals surface area contributed by atoms with Gasteiger partial charge in [-0.1, -0.05) is 20.8 Å². The normalized spacial score (nSPS) is 21.5. The highest BCUT2D eigenvalue weighted by molar-refractivity contribution is 7.89. The van der Waals surface area contributed by atoms with Crippen LogP contribution in [0, 0.1) is 0 Å². The van der Waals surface area contributed by atoms with Crippen LogP contribution in [-0.2, 0) is 14.4 Å². The molecule has 1 N–H and O–H groups in total.